The van der Waals surface area contributed by atoms with Gasteiger partial charge in [-0.2, -0.15) is 0 Å². The smallest absolute Gasteiger partial charge is 0.00778 e. The van der Waals surface area contributed by atoms with Crippen molar-refractivity contribution in [2.45, 2.75) is 51.0 Å². The van der Waals surface area contributed by atoms with Gasteiger partial charge in [0.25, 0.3) is 0 Å². The summed E-state index contributed by atoms with van der Waals surface area (Å²) in [6.07, 6.45) is 5.46. The van der Waals surface area contributed by atoms with Crippen LogP contribution in [0.5, 0.6) is 0 Å². The number of benzene rings is 1. The molecule has 0 radical (unpaired) electrons. The Hall–Kier alpha value is -0.820. The molecular formula is C15H23N. The van der Waals surface area contributed by atoms with Crippen molar-refractivity contribution in [1.82, 2.24) is 5.32 Å². The average molecular weight is 217 g/mol. The molecule has 0 unspecified atom stereocenters. The standard InChI is InChI=1S/C15H23N/c1-13(2)16-12-15(10-6-7-11-15)14-8-4-3-5-9-14/h3-5,8-9,13,16H,6-7,10-12H2,1-2H3. The quantitative estimate of drug-likeness (QED) is 0.814. The molecule has 0 aromatic heterocycles. The molecule has 1 fully saturated rings. The Bertz CT molecular complexity index is 309. The van der Waals surface area contributed by atoms with E-state index in [2.05, 4.69) is 49.5 Å². The maximum absolute atomic E-state index is 3.63. The molecule has 1 aromatic rings. The van der Waals surface area contributed by atoms with Gasteiger partial charge in [-0.05, 0) is 18.4 Å². The monoisotopic (exact) mass is 217 g/mol. The highest BCUT2D eigenvalue weighted by Gasteiger charge is 2.35. The van der Waals surface area contributed by atoms with E-state index in [1.807, 2.05) is 0 Å². The predicted octanol–water partition coefficient (Wildman–Crippen LogP) is 3.50. The second kappa shape index (κ2) is 5.01. The molecule has 0 spiro atoms. The molecule has 1 saturated carbocycles. The van der Waals surface area contributed by atoms with Gasteiger partial charge in [-0.15, -0.1) is 0 Å². The fraction of sp³-hybridized carbons (Fsp3) is 0.600. The molecule has 0 saturated heterocycles. The Morgan fingerprint density at radius 1 is 1.12 bits per heavy atom. The van der Waals surface area contributed by atoms with E-state index >= 15 is 0 Å². The van der Waals surface area contributed by atoms with Crippen molar-refractivity contribution in [1.29, 1.82) is 0 Å². The summed E-state index contributed by atoms with van der Waals surface area (Å²) in [5, 5.41) is 3.63. The fourth-order valence-electron chi connectivity index (χ4n) is 2.81. The molecule has 16 heavy (non-hydrogen) atoms. The molecule has 1 nitrogen and oxygen atoms in total. The van der Waals surface area contributed by atoms with Crippen molar-refractivity contribution in [2.75, 3.05) is 6.54 Å². The molecule has 88 valence electrons. The normalized spacial score (nSPS) is 19.2. The van der Waals surface area contributed by atoms with Gasteiger partial charge in [0.05, 0.1) is 0 Å². The molecule has 1 aliphatic rings. The molecule has 1 aliphatic carbocycles. The SMILES string of the molecule is CC(C)NCC1(c2ccccc2)CCCC1. The van der Waals surface area contributed by atoms with Crippen LogP contribution >= 0.6 is 0 Å². The maximum atomic E-state index is 3.63. The number of nitrogens with one attached hydrogen (secondary N) is 1. The highest BCUT2D eigenvalue weighted by molar-refractivity contribution is 5.27. The molecule has 0 amide bonds. The molecule has 2 rings (SSSR count). The van der Waals surface area contributed by atoms with Crippen molar-refractivity contribution in [3.63, 3.8) is 0 Å². The van der Waals surface area contributed by atoms with Crippen molar-refractivity contribution < 1.29 is 0 Å². The van der Waals surface area contributed by atoms with Crippen LogP contribution in [0, 0.1) is 0 Å². The zero-order valence-corrected chi connectivity index (χ0v) is 10.5. The van der Waals surface area contributed by atoms with Crippen LogP contribution in [0.25, 0.3) is 0 Å². The summed E-state index contributed by atoms with van der Waals surface area (Å²) in [7, 11) is 0. The van der Waals surface area contributed by atoms with Crippen LogP contribution in [0.4, 0.5) is 0 Å². The van der Waals surface area contributed by atoms with Crippen LogP contribution in [0.15, 0.2) is 30.3 Å². The van der Waals surface area contributed by atoms with Gasteiger partial charge in [0.1, 0.15) is 0 Å². The largest absolute Gasteiger partial charge is 0.314 e. The summed E-state index contributed by atoms with van der Waals surface area (Å²) in [4.78, 5) is 0. The van der Waals surface area contributed by atoms with E-state index in [0.717, 1.165) is 6.54 Å². The molecule has 1 aromatic carbocycles. The van der Waals surface area contributed by atoms with E-state index in [-0.39, 0.29) is 0 Å². The molecule has 0 heterocycles. The average Bonchev–Trinajstić information content (AvgIpc) is 2.78. The first-order chi connectivity index (χ1) is 7.73. The molecular weight excluding hydrogens is 194 g/mol. The second-order valence-corrected chi connectivity index (χ2v) is 5.39. The number of hydrogen-bond acceptors (Lipinski definition) is 1. The van der Waals surface area contributed by atoms with E-state index in [9.17, 15) is 0 Å². The maximum Gasteiger partial charge on any atom is 0.00778 e. The fourth-order valence-corrected chi connectivity index (χ4v) is 2.81. The van der Waals surface area contributed by atoms with Gasteiger partial charge in [0.15, 0.2) is 0 Å². The Morgan fingerprint density at radius 2 is 1.75 bits per heavy atom. The Kier molecular flexibility index (Phi) is 3.65. The van der Waals surface area contributed by atoms with Crippen molar-refractivity contribution in [3.05, 3.63) is 35.9 Å². The van der Waals surface area contributed by atoms with E-state index in [1.54, 1.807) is 0 Å². The van der Waals surface area contributed by atoms with Crippen LogP contribution in [0.3, 0.4) is 0 Å². The van der Waals surface area contributed by atoms with Gasteiger partial charge < -0.3 is 5.32 Å². The third-order valence-electron chi connectivity index (χ3n) is 3.80. The summed E-state index contributed by atoms with van der Waals surface area (Å²) in [6, 6.07) is 11.6. The minimum atomic E-state index is 0.408. The Balaban J connectivity index is 2.16. The topological polar surface area (TPSA) is 12.0 Å². The van der Waals surface area contributed by atoms with E-state index in [4.69, 9.17) is 0 Å². The second-order valence-electron chi connectivity index (χ2n) is 5.39. The zero-order chi connectivity index (χ0) is 11.4. The Morgan fingerprint density at radius 3 is 2.31 bits per heavy atom. The predicted molar refractivity (Wildman–Crippen MR) is 69.7 cm³/mol. The van der Waals surface area contributed by atoms with Gasteiger partial charge in [0, 0.05) is 18.0 Å². The summed E-state index contributed by atoms with van der Waals surface area (Å²) in [5.74, 6) is 0. The van der Waals surface area contributed by atoms with Crippen LogP contribution in [0.1, 0.15) is 45.1 Å². The minimum Gasteiger partial charge on any atom is -0.314 e. The van der Waals surface area contributed by atoms with Gasteiger partial charge >= 0.3 is 0 Å². The third-order valence-corrected chi connectivity index (χ3v) is 3.80. The lowest BCUT2D eigenvalue weighted by atomic mass is 9.78. The van der Waals surface area contributed by atoms with Crippen molar-refractivity contribution >= 4 is 0 Å². The van der Waals surface area contributed by atoms with Crippen LogP contribution in [-0.4, -0.2) is 12.6 Å². The lowest BCUT2D eigenvalue weighted by molar-refractivity contribution is 0.387. The lowest BCUT2D eigenvalue weighted by Gasteiger charge is -2.31. The summed E-state index contributed by atoms with van der Waals surface area (Å²) < 4.78 is 0. The Labute approximate surface area is 99.3 Å². The third kappa shape index (κ3) is 2.46. The minimum absolute atomic E-state index is 0.408. The molecule has 0 atom stereocenters. The van der Waals surface area contributed by atoms with Gasteiger partial charge in [-0.1, -0.05) is 57.0 Å². The highest BCUT2D eigenvalue weighted by Crippen LogP contribution is 2.40. The molecule has 0 aliphatic heterocycles. The van der Waals surface area contributed by atoms with Crippen molar-refractivity contribution in [2.24, 2.45) is 0 Å². The van der Waals surface area contributed by atoms with Crippen molar-refractivity contribution in [3.8, 4) is 0 Å². The van der Waals surface area contributed by atoms with E-state index in [0.29, 0.717) is 11.5 Å². The van der Waals surface area contributed by atoms with E-state index < -0.39 is 0 Å². The van der Waals surface area contributed by atoms with E-state index in [1.165, 1.54) is 31.2 Å². The van der Waals surface area contributed by atoms with Gasteiger partial charge in [0.2, 0.25) is 0 Å². The first-order valence-electron chi connectivity index (χ1n) is 6.52. The lowest BCUT2D eigenvalue weighted by Crippen LogP contribution is -2.38. The van der Waals surface area contributed by atoms with Crippen LogP contribution < -0.4 is 5.32 Å². The van der Waals surface area contributed by atoms with Crippen LogP contribution in [-0.2, 0) is 5.41 Å². The first-order valence-corrected chi connectivity index (χ1v) is 6.52. The summed E-state index contributed by atoms with van der Waals surface area (Å²) in [6.45, 7) is 5.59. The van der Waals surface area contributed by atoms with Gasteiger partial charge in [-0.25, -0.2) is 0 Å². The number of hydrogen-bond donors (Lipinski definition) is 1. The first kappa shape index (κ1) is 11.7. The zero-order valence-electron chi connectivity index (χ0n) is 10.5. The molecule has 0 bridgehead atoms. The molecule has 1 heteroatoms. The van der Waals surface area contributed by atoms with Crippen LogP contribution in [0.2, 0.25) is 0 Å². The number of rotatable bonds is 4. The summed E-state index contributed by atoms with van der Waals surface area (Å²) in [5.41, 5.74) is 1.94. The molecule has 1 N–H and O–H groups in total. The van der Waals surface area contributed by atoms with Gasteiger partial charge in [-0.3, -0.25) is 0 Å². The highest BCUT2D eigenvalue weighted by atomic mass is 14.9. The summed E-state index contributed by atoms with van der Waals surface area (Å²) >= 11 is 0.